The van der Waals surface area contributed by atoms with Crippen LogP contribution >= 0.6 is 0 Å². The number of phenolic OH excluding ortho intramolecular Hbond substituents is 1. The molecule has 5 heteroatoms. The molecular weight excluding hydrogens is 236 g/mol. The molecule has 0 aliphatic heterocycles. The highest BCUT2D eigenvalue weighted by Crippen LogP contribution is 2.30. The molecule has 18 heavy (non-hydrogen) atoms. The Bertz CT molecular complexity index is 479. The van der Waals surface area contributed by atoms with E-state index < -0.39 is 17.9 Å². The summed E-state index contributed by atoms with van der Waals surface area (Å²) in [6.07, 6.45) is -1.37. The molecule has 2 N–H and O–H groups in total. The average Bonchev–Trinajstić information content (AvgIpc) is 2.28. The summed E-state index contributed by atoms with van der Waals surface area (Å²) in [4.78, 5) is 21.9. The predicted octanol–water partition coefficient (Wildman–Crippen LogP) is 1.39. The molecule has 1 rings (SSSR count). The van der Waals surface area contributed by atoms with Gasteiger partial charge in [0.05, 0.1) is 0 Å². The molecule has 0 amide bonds. The lowest BCUT2D eigenvalue weighted by Gasteiger charge is -2.14. The number of carbonyl (C=O) groups is 2. The first-order valence-electron chi connectivity index (χ1n) is 5.47. The van der Waals surface area contributed by atoms with Crippen molar-refractivity contribution in [1.82, 2.24) is 0 Å². The van der Waals surface area contributed by atoms with Crippen LogP contribution in [0.1, 0.15) is 36.6 Å². The molecule has 1 aromatic carbocycles. The molecule has 0 aliphatic carbocycles. The smallest absolute Gasteiger partial charge is 0.302 e. The SMILES string of the molecule is CC(=O)OCc1cc(C)cc(C(O)C(C)=O)c1O. The fourth-order valence-electron chi connectivity index (χ4n) is 1.60. The van der Waals surface area contributed by atoms with E-state index in [1.54, 1.807) is 13.0 Å². The van der Waals surface area contributed by atoms with Crippen LogP contribution in [0.25, 0.3) is 0 Å². The van der Waals surface area contributed by atoms with Gasteiger partial charge in [-0.05, 0) is 26.0 Å². The van der Waals surface area contributed by atoms with Crippen molar-refractivity contribution in [2.24, 2.45) is 0 Å². The van der Waals surface area contributed by atoms with Gasteiger partial charge < -0.3 is 14.9 Å². The maximum atomic E-state index is 11.1. The normalized spacial score (nSPS) is 12.0. The van der Waals surface area contributed by atoms with Crippen LogP contribution < -0.4 is 0 Å². The van der Waals surface area contributed by atoms with Crippen LogP contribution in [-0.2, 0) is 20.9 Å². The molecule has 98 valence electrons. The lowest BCUT2D eigenvalue weighted by molar-refractivity contribution is -0.142. The van der Waals surface area contributed by atoms with Gasteiger partial charge in [0.15, 0.2) is 5.78 Å². The van der Waals surface area contributed by atoms with E-state index in [9.17, 15) is 19.8 Å². The number of esters is 1. The van der Waals surface area contributed by atoms with Crippen LogP contribution in [0.15, 0.2) is 12.1 Å². The third-order valence-electron chi connectivity index (χ3n) is 2.47. The second kappa shape index (κ2) is 5.64. The van der Waals surface area contributed by atoms with E-state index in [1.165, 1.54) is 19.9 Å². The molecule has 0 heterocycles. The lowest BCUT2D eigenvalue weighted by atomic mass is 9.99. The van der Waals surface area contributed by atoms with Gasteiger partial charge in [-0.2, -0.15) is 0 Å². The van der Waals surface area contributed by atoms with Gasteiger partial charge in [0, 0.05) is 18.1 Å². The zero-order chi connectivity index (χ0) is 13.9. The molecule has 0 saturated carbocycles. The summed E-state index contributed by atoms with van der Waals surface area (Å²) >= 11 is 0. The number of carbonyl (C=O) groups excluding carboxylic acids is 2. The molecule has 0 bridgehead atoms. The fraction of sp³-hybridized carbons (Fsp3) is 0.385. The van der Waals surface area contributed by atoms with Gasteiger partial charge in [-0.25, -0.2) is 0 Å². The largest absolute Gasteiger partial charge is 0.507 e. The zero-order valence-electron chi connectivity index (χ0n) is 10.6. The van der Waals surface area contributed by atoms with E-state index in [4.69, 9.17) is 4.74 Å². The van der Waals surface area contributed by atoms with Crippen molar-refractivity contribution in [3.63, 3.8) is 0 Å². The first kappa shape index (κ1) is 14.2. The van der Waals surface area contributed by atoms with Gasteiger partial charge in [-0.1, -0.05) is 5.56 Å². The molecule has 0 aliphatic rings. The number of benzene rings is 1. The number of rotatable bonds is 4. The molecule has 5 nitrogen and oxygen atoms in total. The van der Waals surface area contributed by atoms with Crippen molar-refractivity contribution >= 4 is 11.8 Å². The maximum absolute atomic E-state index is 11.1. The summed E-state index contributed by atoms with van der Waals surface area (Å²) in [6.45, 7) is 4.16. The van der Waals surface area contributed by atoms with Crippen molar-refractivity contribution < 1.29 is 24.5 Å². The lowest BCUT2D eigenvalue weighted by Crippen LogP contribution is -2.09. The van der Waals surface area contributed by atoms with Crippen molar-refractivity contribution in [3.8, 4) is 5.75 Å². The summed E-state index contributed by atoms with van der Waals surface area (Å²) < 4.78 is 4.79. The van der Waals surface area contributed by atoms with E-state index in [0.717, 1.165) is 5.56 Å². The van der Waals surface area contributed by atoms with Crippen LogP contribution in [0.2, 0.25) is 0 Å². The number of aliphatic hydroxyl groups is 1. The van der Waals surface area contributed by atoms with Crippen molar-refractivity contribution in [1.29, 1.82) is 0 Å². The predicted molar refractivity (Wildman–Crippen MR) is 64.0 cm³/mol. The molecular formula is C13H16O5. The van der Waals surface area contributed by atoms with E-state index in [0.29, 0.717) is 5.56 Å². The minimum atomic E-state index is -1.37. The Morgan fingerprint density at radius 2 is 1.94 bits per heavy atom. The number of ketones is 1. The van der Waals surface area contributed by atoms with Gasteiger partial charge in [-0.3, -0.25) is 9.59 Å². The van der Waals surface area contributed by atoms with Gasteiger partial charge in [0.1, 0.15) is 18.5 Å². The number of phenols is 1. The highest BCUT2D eigenvalue weighted by Gasteiger charge is 2.20. The highest BCUT2D eigenvalue weighted by molar-refractivity contribution is 5.82. The second-order valence-electron chi connectivity index (χ2n) is 4.16. The zero-order valence-corrected chi connectivity index (χ0v) is 10.6. The van der Waals surface area contributed by atoms with Gasteiger partial charge in [0.25, 0.3) is 0 Å². The molecule has 1 atom stereocenters. The molecule has 1 aromatic rings. The molecule has 0 spiro atoms. The number of Topliss-reactive ketones (excluding diaryl/α,β-unsaturated/α-hetero) is 1. The van der Waals surface area contributed by atoms with Gasteiger partial charge in [-0.15, -0.1) is 0 Å². The minimum Gasteiger partial charge on any atom is -0.507 e. The Morgan fingerprint density at radius 3 is 2.44 bits per heavy atom. The number of aryl methyl sites for hydroxylation is 1. The summed E-state index contributed by atoms with van der Waals surface area (Å²) in [5, 5.41) is 19.6. The summed E-state index contributed by atoms with van der Waals surface area (Å²) in [6, 6.07) is 3.16. The van der Waals surface area contributed by atoms with Crippen LogP contribution in [0.3, 0.4) is 0 Å². The van der Waals surface area contributed by atoms with Crippen LogP contribution in [0.5, 0.6) is 5.75 Å². The monoisotopic (exact) mass is 252 g/mol. The summed E-state index contributed by atoms with van der Waals surface area (Å²) in [5.74, 6) is -1.15. The number of aromatic hydroxyl groups is 1. The standard InChI is InChI=1S/C13H16O5/c1-7-4-10(6-18-9(3)15)13(17)11(5-7)12(16)8(2)14/h4-5,12,16-17H,6H2,1-3H3. The fourth-order valence-corrected chi connectivity index (χ4v) is 1.60. The Kier molecular flexibility index (Phi) is 4.44. The average molecular weight is 252 g/mol. The van der Waals surface area contributed by atoms with Crippen LogP contribution in [0.4, 0.5) is 0 Å². The second-order valence-corrected chi connectivity index (χ2v) is 4.16. The van der Waals surface area contributed by atoms with Crippen LogP contribution in [-0.4, -0.2) is 22.0 Å². The Morgan fingerprint density at radius 1 is 1.33 bits per heavy atom. The number of hydrogen-bond acceptors (Lipinski definition) is 5. The van der Waals surface area contributed by atoms with E-state index in [1.807, 2.05) is 0 Å². The Balaban J connectivity index is 3.13. The first-order valence-corrected chi connectivity index (χ1v) is 5.47. The molecule has 0 radical (unpaired) electrons. The van der Waals surface area contributed by atoms with Crippen molar-refractivity contribution in [2.75, 3.05) is 0 Å². The Labute approximate surface area is 105 Å². The third kappa shape index (κ3) is 3.30. The molecule has 0 saturated heterocycles. The molecule has 0 aromatic heterocycles. The van der Waals surface area contributed by atoms with Crippen molar-refractivity contribution in [3.05, 3.63) is 28.8 Å². The maximum Gasteiger partial charge on any atom is 0.302 e. The highest BCUT2D eigenvalue weighted by atomic mass is 16.5. The number of hydrogen-bond donors (Lipinski definition) is 2. The third-order valence-corrected chi connectivity index (χ3v) is 2.47. The quantitative estimate of drug-likeness (QED) is 0.791. The molecule has 0 fully saturated rings. The Hall–Kier alpha value is -1.88. The first-order chi connectivity index (χ1) is 8.32. The number of aliphatic hydroxyl groups excluding tert-OH is 1. The molecule has 1 unspecified atom stereocenters. The van der Waals surface area contributed by atoms with Crippen molar-refractivity contribution in [2.45, 2.75) is 33.5 Å². The number of ether oxygens (including phenoxy) is 1. The summed E-state index contributed by atoms with van der Waals surface area (Å²) in [7, 11) is 0. The van der Waals surface area contributed by atoms with Crippen LogP contribution in [0, 0.1) is 6.92 Å². The topological polar surface area (TPSA) is 83.8 Å². The van der Waals surface area contributed by atoms with Gasteiger partial charge in [0.2, 0.25) is 0 Å². The van der Waals surface area contributed by atoms with E-state index in [2.05, 4.69) is 0 Å². The van der Waals surface area contributed by atoms with Gasteiger partial charge >= 0.3 is 5.97 Å². The minimum absolute atomic E-state index is 0.0968. The van der Waals surface area contributed by atoms with E-state index in [-0.39, 0.29) is 17.9 Å². The summed E-state index contributed by atoms with van der Waals surface area (Å²) in [5.41, 5.74) is 1.25. The van der Waals surface area contributed by atoms with E-state index >= 15 is 0 Å².